The monoisotopic (exact) mass is 442 g/mol. The van der Waals surface area contributed by atoms with Gasteiger partial charge in [0.25, 0.3) is 0 Å². The zero-order chi connectivity index (χ0) is 22.0. The van der Waals surface area contributed by atoms with Crippen LogP contribution in [0.5, 0.6) is 5.75 Å². The smallest absolute Gasteiger partial charge is 0.169 e. The fourth-order valence-electron chi connectivity index (χ4n) is 3.53. The maximum Gasteiger partial charge on any atom is 0.169 e. The largest absolute Gasteiger partial charge is 0.489 e. The van der Waals surface area contributed by atoms with Gasteiger partial charge >= 0.3 is 0 Å². The van der Waals surface area contributed by atoms with Crippen LogP contribution in [0.15, 0.2) is 90.1 Å². The van der Waals surface area contributed by atoms with E-state index in [0.717, 1.165) is 35.1 Å². The van der Waals surface area contributed by atoms with Crippen molar-refractivity contribution in [1.29, 1.82) is 0 Å². The van der Waals surface area contributed by atoms with Gasteiger partial charge in [0.2, 0.25) is 0 Å². The van der Waals surface area contributed by atoms with Gasteiger partial charge in [0.1, 0.15) is 12.4 Å². The van der Waals surface area contributed by atoms with Crippen LogP contribution in [0.25, 0.3) is 17.1 Å². The number of para-hydroxylation sites is 2. The summed E-state index contributed by atoms with van der Waals surface area (Å²) in [6.45, 7) is 3.76. The number of thioether (sulfide) groups is 1. The van der Waals surface area contributed by atoms with Gasteiger partial charge in [-0.05, 0) is 48.2 Å². The van der Waals surface area contributed by atoms with Crippen LogP contribution in [0.3, 0.4) is 0 Å². The number of hydrogen-bond acceptors (Lipinski definition) is 3. The molecule has 0 atom stereocenters. The number of aromatic nitrogens is 2. The van der Waals surface area contributed by atoms with E-state index >= 15 is 0 Å². The molecule has 3 aromatic carbocycles. The van der Waals surface area contributed by atoms with Gasteiger partial charge in [-0.25, -0.2) is 4.98 Å². The third kappa shape index (κ3) is 6.04. The Hall–Kier alpha value is -2.98. The van der Waals surface area contributed by atoms with Crippen LogP contribution in [0, 0.1) is 0 Å². The lowest BCUT2D eigenvalue weighted by Gasteiger charge is -2.07. The van der Waals surface area contributed by atoms with Crippen molar-refractivity contribution < 1.29 is 4.74 Å². The second kappa shape index (κ2) is 11.6. The highest BCUT2D eigenvalue weighted by molar-refractivity contribution is 7.99. The molecule has 0 aliphatic rings. The lowest BCUT2D eigenvalue weighted by atomic mass is 10.2. The van der Waals surface area contributed by atoms with Crippen LogP contribution in [-0.2, 0) is 13.2 Å². The predicted octanol–water partition coefficient (Wildman–Crippen LogP) is 7.61. The molecular weight excluding hydrogens is 412 g/mol. The summed E-state index contributed by atoms with van der Waals surface area (Å²) in [5, 5.41) is 1.13. The van der Waals surface area contributed by atoms with Crippen LogP contribution in [-0.4, -0.2) is 15.3 Å². The topological polar surface area (TPSA) is 27.1 Å². The molecule has 4 heteroatoms. The number of benzene rings is 3. The number of ether oxygens (including phenoxy) is 1. The number of imidazole rings is 1. The highest BCUT2D eigenvalue weighted by atomic mass is 32.2. The van der Waals surface area contributed by atoms with Gasteiger partial charge in [-0.2, -0.15) is 0 Å². The van der Waals surface area contributed by atoms with Crippen LogP contribution >= 0.6 is 11.8 Å². The summed E-state index contributed by atoms with van der Waals surface area (Å²) in [5.41, 5.74) is 4.67. The number of allylic oxidation sites excluding steroid dienone is 1. The summed E-state index contributed by atoms with van der Waals surface area (Å²) in [6, 6.07) is 27.0. The molecule has 1 aromatic heterocycles. The summed E-state index contributed by atoms with van der Waals surface area (Å²) in [5.74, 6) is 2.01. The van der Waals surface area contributed by atoms with Gasteiger partial charge in [-0.1, -0.05) is 91.9 Å². The summed E-state index contributed by atoms with van der Waals surface area (Å²) in [6.07, 6.45) is 7.83. The molecule has 164 valence electrons. The molecule has 32 heavy (non-hydrogen) atoms. The Morgan fingerprint density at radius 1 is 0.938 bits per heavy atom. The first-order valence-electron chi connectivity index (χ1n) is 11.3. The Morgan fingerprint density at radius 2 is 1.72 bits per heavy atom. The molecule has 0 bridgehead atoms. The van der Waals surface area contributed by atoms with E-state index in [1.807, 2.05) is 42.1 Å². The lowest BCUT2D eigenvalue weighted by Crippen LogP contribution is -1.99. The van der Waals surface area contributed by atoms with E-state index in [4.69, 9.17) is 9.72 Å². The third-order valence-corrected chi connectivity index (χ3v) is 6.37. The van der Waals surface area contributed by atoms with Gasteiger partial charge in [-0.3, -0.25) is 0 Å². The van der Waals surface area contributed by atoms with Crippen molar-refractivity contribution in [2.24, 2.45) is 0 Å². The Kier molecular flexibility index (Phi) is 8.05. The van der Waals surface area contributed by atoms with E-state index in [1.54, 1.807) is 0 Å². The molecule has 1 heterocycles. The average molecular weight is 443 g/mol. The molecule has 0 saturated carbocycles. The molecule has 0 saturated heterocycles. The summed E-state index contributed by atoms with van der Waals surface area (Å²) >= 11 is 1.87. The molecule has 0 aliphatic carbocycles. The van der Waals surface area contributed by atoms with Crippen molar-refractivity contribution in [3.05, 3.63) is 96.1 Å². The van der Waals surface area contributed by atoms with Crippen molar-refractivity contribution in [3.8, 4) is 5.75 Å². The molecule has 4 aromatic rings. The van der Waals surface area contributed by atoms with E-state index < -0.39 is 0 Å². The van der Waals surface area contributed by atoms with Crippen LogP contribution < -0.4 is 4.74 Å². The molecule has 0 aliphatic heterocycles. The highest BCUT2D eigenvalue weighted by Gasteiger charge is 2.09. The van der Waals surface area contributed by atoms with Gasteiger partial charge in [0.05, 0.1) is 11.0 Å². The first-order chi connectivity index (χ1) is 15.8. The normalized spacial score (nSPS) is 11.4. The molecule has 0 spiro atoms. The molecular formula is C28H30N2OS. The number of nitrogens with zero attached hydrogens (tertiary/aromatic N) is 2. The van der Waals surface area contributed by atoms with Crippen molar-refractivity contribution in [1.82, 2.24) is 9.55 Å². The minimum Gasteiger partial charge on any atom is -0.489 e. The second-order valence-electron chi connectivity index (χ2n) is 7.77. The summed E-state index contributed by atoms with van der Waals surface area (Å²) in [7, 11) is 0. The van der Waals surface area contributed by atoms with Gasteiger partial charge in [-0.15, -0.1) is 0 Å². The van der Waals surface area contributed by atoms with E-state index in [1.165, 1.54) is 29.5 Å². The maximum absolute atomic E-state index is 5.88. The van der Waals surface area contributed by atoms with Gasteiger partial charge in [0, 0.05) is 12.3 Å². The van der Waals surface area contributed by atoms with Crippen LogP contribution in [0.4, 0.5) is 0 Å². The Labute approximate surface area is 195 Å². The average Bonchev–Trinajstić information content (AvgIpc) is 3.19. The Morgan fingerprint density at radius 3 is 2.53 bits per heavy atom. The number of unbranched alkanes of at least 4 members (excludes halogenated alkanes) is 1. The molecule has 0 N–H and O–H groups in total. The van der Waals surface area contributed by atoms with Crippen molar-refractivity contribution >= 4 is 28.9 Å². The number of rotatable bonds is 11. The minimum absolute atomic E-state index is 0.591. The van der Waals surface area contributed by atoms with E-state index in [-0.39, 0.29) is 0 Å². The Balaban J connectivity index is 1.33. The van der Waals surface area contributed by atoms with Crippen LogP contribution in [0.1, 0.15) is 37.3 Å². The highest BCUT2D eigenvalue weighted by Crippen LogP contribution is 2.25. The molecule has 4 rings (SSSR count). The molecule has 0 unspecified atom stereocenters. The van der Waals surface area contributed by atoms with Crippen molar-refractivity contribution in [3.63, 3.8) is 0 Å². The molecule has 3 nitrogen and oxygen atoms in total. The van der Waals surface area contributed by atoms with Gasteiger partial charge < -0.3 is 9.30 Å². The SMILES string of the molecule is CCCCSc1nc2ccccc2n1CC/C=C/c1ccc(OCc2ccccc2)cc1. The van der Waals surface area contributed by atoms with Crippen LogP contribution in [0.2, 0.25) is 0 Å². The number of hydrogen-bond donors (Lipinski definition) is 0. The molecule has 0 amide bonds. The summed E-state index contributed by atoms with van der Waals surface area (Å²) in [4.78, 5) is 4.86. The lowest BCUT2D eigenvalue weighted by molar-refractivity contribution is 0.306. The first-order valence-corrected chi connectivity index (χ1v) is 12.3. The minimum atomic E-state index is 0.591. The predicted molar refractivity (Wildman–Crippen MR) is 136 cm³/mol. The first kappa shape index (κ1) is 22.2. The zero-order valence-corrected chi connectivity index (χ0v) is 19.4. The van der Waals surface area contributed by atoms with E-state index in [0.29, 0.717) is 6.61 Å². The fourth-order valence-corrected chi connectivity index (χ4v) is 4.65. The number of fused-ring (bicyclic) bond motifs is 1. The second-order valence-corrected chi connectivity index (χ2v) is 8.83. The van der Waals surface area contributed by atoms with E-state index in [9.17, 15) is 0 Å². The van der Waals surface area contributed by atoms with Crippen molar-refractivity contribution in [2.75, 3.05) is 5.75 Å². The third-order valence-electron chi connectivity index (χ3n) is 5.31. The van der Waals surface area contributed by atoms with E-state index in [2.05, 4.69) is 72.2 Å². The molecule has 0 radical (unpaired) electrons. The Bertz CT molecular complexity index is 1130. The fraction of sp³-hybridized carbons (Fsp3) is 0.250. The quantitative estimate of drug-likeness (QED) is 0.177. The maximum atomic E-state index is 5.88. The number of aryl methyl sites for hydroxylation is 1. The summed E-state index contributed by atoms with van der Waals surface area (Å²) < 4.78 is 8.24. The standard InChI is InChI=1S/C28H30N2OS/c1-2-3-21-32-28-29-26-14-7-8-15-27(26)30(28)20-10-9-11-23-16-18-25(19-17-23)31-22-24-12-5-4-6-13-24/h4-9,11-19H,2-3,10,20-22H2,1H3/b11-9+. The van der Waals surface area contributed by atoms with Gasteiger partial charge in [0.15, 0.2) is 5.16 Å². The zero-order valence-electron chi connectivity index (χ0n) is 18.6. The molecule has 0 fully saturated rings. The van der Waals surface area contributed by atoms with Crippen molar-refractivity contribution in [2.45, 2.75) is 44.5 Å².